The van der Waals surface area contributed by atoms with Gasteiger partial charge in [0.05, 0.1) is 6.04 Å². The number of hydrogen-bond acceptors (Lipinski definition) is 2. The van der Waals surface area contributed by atoms with Crippen LogP contribution >= 0.6 is 0 Å². The summed E-state index contributed by atoms with van der Waals surface area (Å²) >= 11 is 0. The number of rotatable bonds is 3. The average Bonchev–Trinajstić information content (AvgIpc) is 2.57. The zero-order chi connectivity index (χ0) is 17.3. The Kier molecular flexibility index (Phi) is 4.67. The van der Waals surface area contributed by atoms with Gasteiger partial charge in [0.25, 0.3) is 0 Å². The van der Waals surface area contributed by atoms with Crippen LogP contribution in [0.15, 0.2) is 42.5 Å². The number of halogens is 1. The summed E-state index contributed by atoms with van der Waals surface area (Å²) in [5.41, 5.74) is 4.42. The van der Waals surface area contributed by atoms with Crippen molar-refractivity contribution in [2.45, 2.75) is 33.4 Å². The first-order valence-corrected chi connectivity index (χ1v) is 8.33. The van der Waals surface area contributed by atoms with Crippen molar-refractivity contribution in [2.75, 3.05) is 18.0 Å². The Morgan fingerprint density at radius 3 is 2.42 bits per heavy atom. The molecule has 1 heterocycles. The minimum Gasteiger partial charge on any atom is -0.310 e. The van der Waals surface area contributed by atoms with Crippen molar-refractivity contribution < 1.29 is 9.18 Å². The number of hydrogen-bond donors (Lipinski definition) is 0. The second-order valence-electron chi connectivity index (χ2n) is 6.53. The van der Waals surface area contributed by atoms with Crippen LogP contribution in [0.1, 0.15) is 23.6 Å². The maximum absolute atomic E-state index is 13.0. The van der Waals surface area contributed by atoms with Crippen LogP contribution in [0.2, 0.25) is 0 Å². The Labute approximate surface area is 142 Å². The highest BCUT2D eigenvalue weighted by molar-refractivity contribution is 5.97. The molecule has 1 saturated heterocycles. The van der Waals surface area contributed by atoms with Crippen molar-refractivity contribution in [3.05, 3.63) is 65.0 Å². The third-order valence-electron chi connectivity index (χ3n) is 4.88. The summed E-state index contributed by atoms with van der Waals surface area (Å²) in [6.45, 7) is 8.22. The van der Waals surface area contributed by atoms with Crippen LogP contribution in [0.3, 0.4) is 0 Å². The summed E-state index contributed by atoms with van der Waals surface area (Å²) in [4.78, 5) is 16.8. The van der Waals surface area contributed by atoms with Gasteiger partial charge >= 0.3 is 0 Å². The van der Waals surface area contributed by atoms with Crippen LogP contribution in [0, 0.1) is 19.7 Å². The quantitative estimate of drug-likeness (QED) is 0.859. The molecule has 1 aliphatic rings. The van der Waals surface area contributed by atoms with E-state index in [1.54, 1.807) is 12.1 Å². The van der Waals surface area contributed by atoms with Gasteiger partial charge in [-0.05, 0) is 61.7 Å². The summed E-state index contributed by atoms with van der Waals surface area (Å²) in [5.74, 6) is -0.117. The van der Waals surface area contributed by atoms with Crippen molar-refractivity contribution in [3.63, 3.8) is 0 Å². The van der Waals surface area contributed by atoms with Crippen LogP contribution in [-0.4, -0.2) is 29.9 Å². The molecule has 2 aromatic carbocycles. The number of carbonyl (C=O) groups excluding carboxylic acids is 1. The van der Waals surface area contributed by atoms with Crippen molar-refractivity contribution in [1.82, 2.24) is 4.90 Å². The third-order valence-corrected chi connectivity index (χ3v) is 4.88. The highest BCUT2D eigenvalue weighted by Crippen LogP contribution is 2.24. The third kappa shape index (κ3) is 3.34. The molecular weight excluding hydrogens is 303 g/mol. The van der Waals surface area contributed by atoms with E-state index >= 15 is 0 Å². The molecule has 1 fully saturated rings. The van der Waals surface area contributed by atoms with Gasteiger partial charge in [0.2, 0.25) is 5.91 Å². The maximum atomic E-state index is 13.0. The molecule has 0 aromatic heterocycles. The Bertz CT molecular complexity index is 742. The normalized spacial score (nSPS) is 18.9. The van der Waals surface area contributed by atoms with E-state index in [0.29, 0.717) is 13.1 Å². The molecule has 1 amide bonds. The van der Waals surface area contributed by atoms with Crippen molar-refractivity contribution in [1.29, 1.82) is 0 Å². The van der Waals surface area contributed by atoms with Crippen LogP contribution in [0.4, 0.5) is 10.1 Å². The summed E-state index contributed by atoms with van der Waals surface area (Å²) in [7, 11) is 0. The van der Waals surface area contributed by atoms with E-state index in [4.69, 9.17) is 0 Å². The predicted octanol–water partition coefficient (Wildman–Crippen LogP) is 3.68. The lowest BCUT2D eigenvalue weighted by Crippen LogP contribution is -2.55. The molecule has 0 bridgehead atoms. The van der Waals surface area contributed by atoms with Crippen LogP contribution < -0.4 is 4.90 Å². The molecule has 4 heteroatoms. The Balaban J connectivity index is 1.73. The SMILES string of the molecule is Cc1ccc(N2CCN(Cc3ccc(F)cc3)C(C)C2=O)cc1C. The molecule has 0 aliphatic carbocycles. The molecule has 0 radical (unpaired) electrons. The lowest BCUT2D eigenvalue weighted by Gasteiger charge is -2.39. The van der Waals surface area contributed by atoms with Gasteiger partial charge in [0.1, 0.15) is 5.82 Å². The largest absolute Gasteiger partial charge is 0.310 e. The fraction of sp³-hybridized carbons (Fsp3) is 0.350. The molecule has 126 valence electrons. The van der Waals surface area contributed by atoms with E-state index in [9.17, 15) is 9.18 Å². The average molecular weight is 326 g/mol. The second kappa shape index (κ2) is 6.73. The van der Waals surface area contributed by atoms with Crippen LogP contribution in [-0.2, 0) is 11.3 Å². The van der Waals surface area contributed by atoms with E-state index in [2.05, 4.69) is 30.9 Å². The monoisotopic (exact) mass is 326 g/mol. The topological polar surface area (TPSA) is 23.6 Å². The van der Waals surface area contributed by atoms with E-state index in [1.165, 1.54) is 23.3 Å². The Morgan fingerprint density at radius 2 is 1.75 bits per heavy atom. The van der Waals surface area contributed by atoms with Gasteiger partial charge in [-0.25, -0.2) is 4.39 Å². The van der Waals surface area contributed by atoms with E-state index < -0.39 is 0 Å². The zero-order valence-electron chi connectivity index (χ0n) is 14.4. The number of benzene rings is 2. The van der Waals surface area contributed by atoms with Crippen molar-refractivity contribution >= 4 is 11.6 Å². The summed E-state index contributed by atoms with van der Waals surface area (Å²) in [6.07, 6.45) is 0. The van der Waals surface area contributed by atoms with Crippen molar-refractivity contribution in [3.8, 4) is 0 Å². The predicted molar refractivity (Wildman–Crippen MR) is 94.5 cm³/mol. The highest BCUT2D eigenvalue weighted by atomic mass is 19.1. The first-order chi connectivity index (χ1) is 11.5. The number of piperazine rings is 1. The molecular formula is C20H23FN2O. The van der Waals surface area contributed by atoms with Crippen LogP contribution in [0.25, 0.3) is 0 Å². The second-order valence-corrected chi connectivity index (χ2v) is 6.53. The molecule has 3 nitrogen and oxygen atoms in total. The van der Waals surface area contributed by atoms with E-state index in [0.717, 1.165) is 17.8 Å². The highest BCUT2D eigenvalue weighted by Gasteiger charge is 2.32. The number of carbonyl (C=O) groups is 1. The summed E-state index contributed by atoms with van der Waals surface area (Å²) in [6, 6.07) is 12.5. The molecule has 1 atom stereocenters. The standard InChI is InChI=1S/C20H23FN2O/c1-14-4-9-19(12-15(14)2)23-11-10-22(16(3)20(23)24)13-17-5-7-18(21)8-6-17/h4-9,12,16H,10-11,13H2,1-3H3. The first kappa shape index (κ1) is 16.7. The lowest BCUT2D eigenvalue weighted by atomic mass is 10.1. The molecule has 24 heavy (non-hydrogen) atoms. The minimum absolute atomic E-state index is 0.117. The molecule has 0 saturated carbocycles. The fourth-order valence-electron chi connectivity index (χ4n) is 3.10. The molecule has 2 aromatic rings. The molecule has 1 unspecified atom stereocenters. The van der Waals surface area contributed by atoms with Gasteiger partial charge < -0.3 is 4.90 Å². The van der Waals surface area contributed by atoms with E-state index in [-0.39, 0.29) is 17.8 Å². The lowest BCUT2D eigenvalue weighted by molar-refractivity contribution is -0.125. The van der Waals surface area contributed by atoms with Crippen molar-refractivity contribution in [2.24, 2.45) is 0 Å². The van der Waals surface area contributed by atoms with Gasteiger partial charge in [0.15, 0.2) is 0 Å². The molecule has 0 spiro atoms. The maximum Gasteiger partial charge on any atom is 0.244 e. The Hall–Kier alpha value is -2.20. The van der Waals surface area contributed by atoms with Crippen LogP contribution in [0.5, 0.6) is 0 Å². The van der Waals surface area contributed by atoms with Gasteiger partial charge in [0, 0.05) is 25.3 Å². The van der Waals surface area contributed by atoms with E-state index in [1.807, 2.05) is 17.9 Å². The number of aryl methyl sites for hydroxylation is 2. The zero-order valence-corrected chi connectivity index (χ0v) is 14.4. The fourth-order valence-corrected chi connectivity index (χ4v) is 3.10. The molecule has 3 rings (SSSR count). The summed E-state index contributed by atoms with van der Waals surface area (Å²) in [5, 5.41) is 0. The molecule has 1 aliphatic heterocycles. The first-order valence-electron chi connectivity index (χ1n) is 8.33. The van der Waals surface area contributed by atoms with Gasteiger partial charge in [-0.2, -0.15) is 0 Å². The number of amides is 1. The Morgan fingerprint density at radius 1 is 1.04 bits per heavy atom. The summed E-state index contributed by atoms with van der Waals surface area (Å²) < 4.78 is 13.0. The van der Waals surface area contributed by atoms with Gasteiger partial charge in [-0.15, -0.1) is 0 Å². The van der Waals surface area contributed by atoms with Gasteiger partial charge in [-0.1, -0.05) is 18.2 Å². The van der Waals surface area contributed by atoms with Gasteiger partial charge in [-0.3, -0.25) is 9.69 Å². The number of nitrogens with zero attached hydrogens (tertiary/aromatic N) is 2. The molecule has 0 N–H and O–H groups in total. The number of anilines is 1. The smallest absolute Gasteiger partial charge is 0.244 e. The minimum atomic E-state index is -0.234.